The Hall–Kier alpha value is -6.10. The van der Waals surface area contributed by atoms with Crippen LogP contribution in [-0.4, -0.2) is 45.0 Å². The Balaban J connectivity index is 1.30. The van der Waals surface area contributed by atoms with E-state index in [1.807, 2.05) is 0 Å². The molecule has 2 amide bonds. The SMILES string of the molecule is COc1cccc(C(=O)Oc2ccc(/C=N/NC(=O)/C(=C\c3ccc4c(c3)OCO4)NC(=O)c3ccccc3)cc2OC)c1. The molecule has 4 aromatic carbocycles. The van der Waals surface area contributed by atoms with Gasteiger partial charge < -0.3 is 29.0 Å². The zero-order valence-electron chi connectivity index (χ0n) is 23.7. The van der Waals surface area contributed by atoms with Crippen molar-refractivity contribution in [3.63, 3.8) is 0 Å². The van der Waals surface area contributed by atoms with Crippen molar-refractivity contribution >= 4 is 30.1 Å². The van der Waals surface area contributed by atoms with Crippen molar-refractivity contribution in [2.75, 3.05) is 21.0 Å². The van der Waals surface area contributed by atoms with E-state index in [1.54, 1.807) is 91.0 Å². The Bertz CT molecular complexity index is 1750. The molecule has 0 radical (unpaired) electrons. The number of hydrazone groups is 1. The number of nitrogens with one attached hydrogen (secondary N) is 2. The van der Waals surface area contributed by atoms with Crippen LogP contribution in [0.15, 0.2) is 102 Å². The van der Waals surface area contributed by atoms with Gasteiger partial charge in [0.2, 0.25) is 6.79 Å². The molecule has 1 aliphatic heterocycles. The summed E-state index contributed by atoms with van der Waals surface area (Å²) >= 11 is 0. The van der Waals surface area contributed by atoms with Crippen LogP contribution in [0.2, 0.25) is 0 Å². The third-order valence-corrected chi connectivity index (χ3v) is 6.31. The molecular weight excluding hydrogens is 566 g/mol. The minimum atomic E-state index is -0.668. The first-order valence-corrected chi connectivity index (χ1v) is 13.3. The van der Waals surface area contributed by atoms with Gasteiger partial charge in [0, 0.05) is 5.56 Å². The maximum atomic E-state index is 13.2. The van der Waals surface area contributed by atoms with Crippen LogP contribution in [-0.2, 0) is 4.79 Å². The molecule has 0 aliphatic carbocycles. The molecule has 5 rings (SSSR count). The number of rotatable bonds is 10. The molecule has 0 aromatic heterocycles. The molecule has 0 bridgehead atoms. The lowest BCUT2D eigenvalue weighted by Crippen LogP contribution is -2.32. The molecule has 0 spiro atoms. The number of hydrogen-bond donors (Lipinski definition) is 2. The van der Waals surface area contributed by atoms with E-state index >= 15 is 0 Å². The molecule has 1 aliphatic rings. The van der Waals surface area contributed by atoms with Gasteiger partial charge in [-0.1, -0.05) is 30.3 Å². The quantitative estimate of drug-likeness (QED) is 0.0898. The summed E-state index contributed by atoms with van der Waals surface area (Å²) in [5.41, 5.74) is 4.20. The van der Waals surface area contributed by atoms with E-state index in [4.69, 9.17) is 23.7 Å². The topological polar surface area (TPSA) is 134 Å². The average molecular weight is 594 g/mol. The van der Waals surface area contributed by atoms with Gasteiger partial charge in [0.05, 0.1) is 26.0 Å². The van der Waals surface area contributed by atoms with Gasteiger partial charge in [-0.25, -0.2) is 10.2 Å². The Morgan fingerprint density at radius 1 is 0.773 bits per heavy atom. The Labute approximate surface area is 252 Å². The number of fused-ring (bicyclic) bond motifs is 1. The Morgan fingerprint density at radius 2 is 1.55 bits per heavy atom. The van der Waals surface area contributed by atoms with Gasteiger partial charge >= 0.3 is 5.97 Å². The number of methoxy groups -OCH3 is 2. The summed E-state index contributed by atoms with van der Waals surface area (Å²) in [6.45, 7) is 0.103. The maximum absolute atomic E-state index is 13.2. The van der Waals surface area contributed by atoms with Gasteiger partial charge in [-0.15, -0.1) is 0 Å². The lowest BCUT2D eigenvalue weighted by atomic mass is 10.1. The number of carbonyl (C=O) groups excluding carboxylic acids is 3. The fourth-order valence-electron chi connectivity index (χ4n) is 4.10. The second-order valence-corrected chi connectivity index (χ2v) is 9.22. The van der Waals surface area contributed by atoms with Gasteiger partial charge in [0.25, 0.3) is 11.8 Å². The molecule has 44 heavy (non-hydrogen) atoms. The van der Waals surface area contributed by atoms with Crippen molar-refractivity contribution in [3.05, 3.63) is 119 Å². The van der Waals surface area contributed by atoms with Crippen LogP contribution in [0.1, 0.15) is 31.8 Å². The summed E-state index contributed by atoms with van der Waals surface area (Å²) in [6, 6.07) is 25.0. The number of hydrogen-bond acceptors (Lipinski definition) is 9. The zero-order chi connectivity index (χ0) is 30.9. The molecule has 11 nitrogen and oxygen atoms in total. The van der Waals surface area contributed by atoms with Crippen LogP contribution in [0.25, 0.3) is 6.08 Å². The molecule has 0 unspecified atom stereocenters. The molecule has 4 aromatic rings. The number of carbonyl (C=O) groups is 3. The first kappa shape index (κ1) is 29.4. The number of ether oxygens (including phenoxy) is 5. The summed E-state index contributed by atoms with van der Waals surface area (Å²) in [4.78, 5) is 38.7. The van der Waals surface area contributed by atoms with Crippen LogP contribution in [0.3, 0.4) is 0 Å². The van der Waals surface area contributed by atoms with Crippen molar-refractivity contribution in [3.8, 4) is 28.7 Å². The molecule has 0 saturated heterocycles. The first-order valence-electron chi connectivity index (χ1n) is 13.3. The largest absolute Gasteiger partial charge is 0.497 e. The second kappa shape index (κ2) is 13.7. The van der Waals surface area contributed by atoms with E-state index in [0.29, 0.717) is 39.5 Å². The van der Waals surface area contributed by atoms with E-state index in [2.05, 4.69) is 15.8 Å². The van der Waals surface area contributed by atoms with Gasteiger partial charge in [-0.2, -0.15) is 5.10 Å². The zero-order valence-corrected chi connectivity index (χ0v) is 23.7. The normalized spacial score (nSPS) is 12.0. The molecule has 2 N–H and O–H groups in total. The Kier molecular flexibility index (Phi) is 9.16. The van der Waals surface area contributed by atoms with E-state index in [1.165, 1.54) is 26.5 Å². The van der Waals surface area contributed by atoms with E-state index in [-0.39, 0.29) is 24.0 Å². The summed E-state index contributed by atoms with van der Waals surface area (Å²) < 4.78 is 26.8. The molecule has 11 heteroatoms. The van der Waals surface area contributed by atoms with Crippen molar-refractivity contribution in [1.82, 2.24) is 10.7 Å². The summed E-state index contributed by atoms with van der Waals surface area (Å²) in [5, 5.41) is 6.69. The predicted octanol–water partition coefficient (Wildman–Crippen LogP) is 4.57. The van der Waals surface area contributed by atoms with Crippen molar-refractivity contribution in [2.45, 2.75) is 0 Å². The van der Waals surface area contributed by atoms with Crippen LogP contribution in [0, 0.1) is 0 Å². The first-order chi connectivity index (χ1) is 21.4. The summed E-state index contributed by atoms with van der Waals surface area (Å²) in [5.74, 6) is 0.373. The monoisotopic (exact) mass is 593 g/mol. The number of amides is 2. The highest BCUT2D eigenvalue weighted by Gasteiger charge is 2.17. The molecule has 0 fully saturated rings. The maximum Gasteiger partial charge on any atom is 0.343 e. The summed E-state index contributed by atoms with van der Waals surface area (Å²) in [7, 11) is 2.94. The van der Waals surface area contributed by atoms with E-state index in [0.717, 1.165) is 0 Å². The van der Waals surface area contributed by atoms with Gasteiger partial charge in [-0.05, 0) is 77.9 Å². The Morgan fingerprint density at radius 3 is 2.34 bits per heavy atom. The predicted molar refractivity (Wildman–Crippen MR) is 161 cm³/mol. The highest BCUT2D eigenvalue weighted by Crippen LogP contribution is 2.33. The van der Waals surface area contributed by atoms with Crippen molar-refractivity contribution < 1.29 is 38.1 Å². The molecular formula is C33H27N3O8. The third kappa shape index (κ3) is 7.21. The van der Waals surface area contributed by atoms with Crippen LogP contribution in [0.4, 0.5) is 0 Å². The van der Waals surface area contributed by atoms with Gasteiger partial charge in [-0.3, -0.25) is 9.59 Å². The van der Waals surface area contributed by atoms with Crippen LogP contribution >= 0.6 is 0 Å². The van der Waals surface area contributed by atoms with Crippen LogP contribution < -0.4 is 34.4 Å². The number of esters is 1. The summed E-state index contributed by atoms with van der Waals surface area (Å²) in [6.07, 6.45) is 2.88. The minimum absolute atomic E-state index is 0.0488. The smallest absolute Gasteiger partial charge is 0.343 e. The molecule has 0 atom stereocenters. The fraction of sp³-hybridized carbons (Fsp3) is 0.0909. The van der Waals surface area contributed by atoms with Gasteiger partial charge in [0.1, 0.15) is 11.4 Å². The lowest BCUT2D eigenvalue weighted by molar-refractivity contribution is -0.117. The highest BCUT2D eigenvalue weighted by atomic mass is 16.7. The molecule has 222 valence electrons. The minimum Gasteiger partial charge on any atom is -0.497 e. The van der Waals surface area contributed by atoms with Gasteiger partial charge in [0.15, 0.2) is 23.0 Å². The second-order valence-electron chi connectivity index (χ2n) is 9.22. The average Bonchev–Trinajstić information content (AvgIpc) is 3.53. The lowest BCUT2D eigenvalue weighted by Gasteiger charge is -2.11. The van der Waals surface area contributed by atoms with E-state index in [9.17, 15) is 14.4 Å². The highest BCUT2D eigenvalue weighted by molar-refractivity contribution is 6.05. The molecule has 1 heterocycles. The van der Waals surface area contributed by atoms with Crippen molar-refractivity contribution in [2.24, 2.45) is 5.10 Å². The molecule has 0 saturated carbocycles. The van der Waals surface area contributed by atoms with Crippen molar-refractivity contribution in [1.29, 1.82) is 0 Å². The standard InChI is InChI=1S/C33H27N3O8/c1-40-25-10-6-9-24(18-25)33(39)44-28-14-12-22(17-29(28)41-2)19-34-36-32(38)26(35-31(37)23-7-4-3-5-8-23)15-21-11-13-27-30(16-21)43-20-42-27/h3-19H,20H2,1-2H3,(H,35,37)(H,36,38)/b26-15+,34-19+. The number of benzene rings is 4. The number of nitrogens with zero attached hydrogens (tertiary/aromatic N) is 1. The fourth-order valence-corrected chi connectivity index (χ4v) is 4.10. The van der Waals surface area contributed by atoms with E-state index < -0.39 is 17.8 Å². The van der Waals surface area contributed by atoms with Crippen LogP contribution in [0.5, 0.6) is 28.7 Å². The third-order valence-electron chi connectivity index (χ3n) is 6.31.